The van der Waals surface area contributed by atoms with Crippen LogP contribution in [0, 0.1) is 6.92 Å². The molecule has 0 radical (unpaired) electrons. The lowest BCUT2D eigenvalue weighted by molar-refractivity contribution is 0.0992. The van der Waals surface area contributed by atoms with Crippen molar-refractivity contribution < 1.29 is 4.79 Å². The third-order valence-electron chi connectivity index (χ3n) is 2.71. The van der Waals surface area contributed by atoms with Crippen molar-refractivity contribution in [3.8, 4) is 0 Å². The second kappa shape index (κ2) is 5.51. The summed E-state index contributed by atoms with van der Waals surface area (Å²) in [5.74, 6) is 0.00287. The molecule has 1 aromatic carbocycles. The molecule has 18 heavy (non-hydrogen) atoms. The number of benzene rings is 1. The molecule has 2 rings (SSSR count). The largest absolute Gasteiger partial charge is 0.294 e. The van der Waals surface area contributed by atoms with Crippen LogP contribution in [0.5, 0.6) is 0 Å². The number of aromatic nitrogens is 1. The van der Waals surface area contributed by atoms with Gasteiger partial charge in [0.25, 0.3) is 0 Å². The number of pyridine rings is 1. The number of Topliss-reactive ketones (excluding diaryl/α,β-unsaturated/α-hetero) is 1. The first-order valence-electron chi connectivity index (χ1n) is 5.45. The summed E-state index contributed by atoms with van der Waals surface area (Å²) < 4.78 is 0. The van der Waals surface area contributed by atoms with E-state index >= 15 is 0 Å². The number of carbonyl (C=O) groups excluding carboxylic acids is 1. The molecular formula is C14H11Cl2NO. The first kappa shape index (κ1) is 13.1. The lowest BCUT2D eigenvalue weighted by Crippen LogP contribution is -2.06. The van der Waals surface area contributed by atoms with Gasteiger partial charge in [0.15, 0.2) is 5.78 Å². The second-order valence-corrected chi connectivity index (χ2v) is 4.87. The van der Waals surface area contributed by atoms with Gasteiger partial charge >= 0.3 is 0 Å². The first-order valence-corrected chi connectivity index (χ1v) is 6.21. The molecule has 0 aliphatic heterocycles. The number of hydrogen-bond acceptors (Lipinski definition) is 2. The van der Waals surface area contributed by atoms with Crippen LogP contribution in [0.3, 0.4) is 0 Å². The van der Waals surface area contributed by atoms with Crippen LogP contribution in [-0.4, -0.2) is 10.8 Å². The van der Waals surface area contributed by atoms with Crippen molar-refractivity contribution in [2.75, 3.05) is 0 Å². The Bertz CT molecular complexity index is 596. The number of rotatable bonds is 3. The van der Waals surface area contributed by atoms with Crippen molar-refractivity contribution in [3.05, 3.63) is 63.4 Å². The van der Waals surface area contributed by atoms with E-state index in [-0.39, 0.29) is 12.2 Å². The number of aryl methyl sites for hydroxylation is 1. The molecule has 1 heterocycles. The molecule has 0 atom stereocenters. The highest BCUT2D eigenvalue weighted by molar-refractivity contribution is 6.32. The van der Waals surface area contributed by atoms with Crippen LogP contribution in [0.2, 0.25) is 10.0 Å². The topological polar surface area (TPSA) is 30.0 Å². The number of ketones is 1. The van der Waals surface area contributed by atoms with Crippen LogP contribution in [-0.2, 0) is 6.42 Å². The minimum atomic E-state index is 0.00287. The van der Waals surface area contributed by atoms with E-state index in [1.165, 1.54) is 6.20 Å². The van der Waals surface area contributed by atoms with Gasteiger partial charge in [0.1, 0.15) is 0 Å². The molecule has 0 amide bonds. The van der Waals surface area contributed by atoms with Crippen molar-refractivity contribution in [2.24, 2.45) is 0 Å². The highest BCUT2D eigenvalue weighted by atomic mass is 35.5. The van der Waals surface area contributed by atoms with Gasteiger partial charge in [-0.3, -0.25) is 9.78 Å². The highest BCUT2D eigenvalue weighted by Gasteiger charge is 2.12. The quantitative estimate of drug-likeness (QED) is 0.791. The van der Waals surface area contributed by atoms with Gasteiger partial charge in [-0.2, -0.15) is 0 Å². The third kappa shape index (κ3) is 2.89. The SMILES string of the molecule is Cc1ccc(Cl)cc1C(=O)Cc1ccncc1Cl. The fraction of sp³-hybridized carbons (Fsp3) is 0.143. The van der Waals surface area contributed by atoms with E-state index in [0.29, 0.717) is 15.6 Å². The fourth-order valence-corrected chi connectivity index (χ4v) is 2.07. The average Bonchev–Trinajstić information content (AvgIpc) is 2.35. The number of nitrogens with zero attached hydrogens (tertiary/aromatic N) is 1. The van der Waals surface area contributed by atoms with Crippen molar-refractivity contribution >= 4 is 29.0 Å². The average molecular weight is 280 g/mol. The molecule has 4 heteroatoms. The maximum absolute atomic E-state index is 12.2. The zero-order chi connectivity index (χ0) is 13.1. The molecule has 0 unspecified atom stereocenters. The van der Waals surface area contributed by atoms with E-state index in [4.69, 9.17) is 23.2 Å². The monoisotopic (exact) mass is 279 g/mol. The Morgan fingerprint density at radius 1 is 1.28 bits per heavy atom. The molecule has 0 saturated carbocycles. The Morgan fingerprint density at radius 3 is 2.78 bits per heavy atom. The van der Waals surface area contributed by atoms with Gasteiger partial charge in [0.2, 0.25) is 0 Å². The Hall–Kier alpha value is -1.38. The Kier molecular flexibility index (Phi) is 4.00. The van der Waals surface area contributed by atoms with Crippen molar-refractivity contribution in [2.45, 2.75) is 13.3 Å². The zero-order valence-electron chi connectivity index (χ0n) is 9.78. The molecule has 2 aromatic rings. The molecule has 0 aliphatic carbocycles. The molecule has 2 nitrogen and oxygen atoms in total. The fourth-order valence-electron chi connectivity index (χ4n) is 1.71. The Labute approximate surface area is 116 Å². The van der Waals surface area contributed by atoms with Crippen LogP contribution >= 0.6 is 23.2 Å². The van der Waals surface area contributed by atoms with Gasteiger partial charge in [-0.1, -0.05) is 29.3 Å². The maximum atomic E-state index is 12.2. The summed E-state index contributed by atoms with van der Waals surface area (Å²) in [6.07, 6.45) is 3.41. The van der Waals surface area contributed by atoms with E-state index in [2.05, 4.69) is 4.98 Å². The number of halogens is 2. The van der Waals surface area contributed by atoms with Gasteiger partial charge in [-0.15, -0.1) is 0 Å². The Morgan fingerprint density at radius 2 is 2.06 bits per heavy atom. The lowest BCUT2D eigenvalue weighted by atomic mass is 10.00. The van der Waals surface area contributed by atoms with Gasteiger partial charge in [0, 0.05) is 29.4 Å². The van der Waals surface area contributed by atoms with E-state index in [1.54, 1.807) is 24.4 Å². The first-order chi connectivity index (χ1) is 8.58. The molecule has 0 spiro atoms. The molecular weight excluding hydrogens is 269 g/mol. The van der Waals surface area contributed by atoms with Crippen LogP contribution in [0.15, 0.2) is 36.7 Å². The molecule has 0 saturated heterocycles. The van der Waals surface area contributed by atoms with E-state index < -0.39 is 0 Å². The standard InChI is InChI=1S/C14H11Cl2NO/c1-9-2-3-11(15)7-12(9)14(18)6-10-4-5-17-8-13(10)16/h2-5,7-8H,6H2,1H3. The van der Waals surface area contributed by atoms with Crippen LogP contribution in [0.25, 0.3) is 0 Å². The van der Waals surface area contributed by atoms with E-state index in [1.807, 2.05) is 13.0 Å². The minimum absolute atomic E-state index is 0.00287. The predicted molar refractivity (Wildman–Crippen MR) is 73.5 cm³/mol. The van der Waals surface area contributed by atoms with Gasteiger partial charge < -0.3 is 0 Å². The van der Waals surface area contributed by atoms with Gasteiger partial charge in [-0.05, 0) is 36.2 Å². The van der Waals surface area contributed by atoms with E-state index in [0.717, 1.165) is 11.1 Å². The summed E-state index contributed by atoms with van der Waals surface area (Å²) in [6.45, 7) is 1.89. The summed E-state index contributed by atoms with van der Waals surface area (Å²) in [7, 11) is 0. The summed E-state index contributed by atoms with van der Waals surface area (Å²) >= 11 is 11.9. The second-order valence-electron chi connectivity index (χ2n) is 4.03. The molecule has 0 bridgehead atoms. The summed E-state index contributed by atoms with van der Waals surface area (Å²) in [5, 5.41) is 1.07. The summed E-state index contributed by atoms with van der Waals surface area (Å²) in [5.41, 5.74) is 2.32. The minimum Gasteiger partial charge on any atom is -0.294 e. The Balaban J connectivity index is 2.28. The third-order valence-corrected chi connectivity index (χ3v) is 3.28. The molecule has 92 valence electrons. The van der Waals surface area contributed by atoms with Crippen LogP contribution in [0.4, 0.5) is 0 Å². The number of carbonyl (C=O) groups is 1. The lowest BCUT2D eigenvalue weighted by Gasteiger charge is -2.06. The molecule has 0 N–H and O–H groups in total. The van der Waals surface area contributed by atoms with Crippen molar-refractivity contribution in [3.63, 3.8) is 0 Å². The molecule has 1 aromatic heterocycles. The molecule has 0 aliphatic rings. The van der Waals surface area contributed by atoms with Crippen LogP contribution < -0.4 is 0 Å². The van der Waals surface area contributed by atoms with Gasteiger partial charge in [-0.25, -0.2) is 0 Å². The summed E-state index contributed by atoms with van der Waals surface area (Å²) in [6, 6.07) is 7.05. The maximum Gasteiger partial charge on any atom is 0.167 e. The highest BCUT2D eigenvalue weighted by Crippen LogP contribution is 2.20. The molecule has 0 fully saturated rings. The van der Waals surface area contributed by atoms with Crippen molar-refractivity contribution in [1.29, 1.82) is 0 Å². The zero-order valence-corrected chi connectivity index (χ0v) is 11.3. The summed E-state index contributed by atoms with van der Waals surface area (Å²) in [4.78, 5) is 16.1. The number of hydrogen-bond donors (Lipinski definition) is 0. The van der Waals surface area contributed by atoms with Crippen molar-refractivity contribution in [1.82, 2.24) is 4.98 Å². The normalized spacial score (nSPS) is 10.4. The van der Waals surface area contributed by atoms with E-state index in [9.17, 15) is 4.79 Å². The smallest absolute Gasteiger partial charge is 0.167 e. The van der Waals surface area contributed by atoms with Gasteiger partial charge in [0.05, 0.1) is 5.02 Å². The van der Waals surface area contributed by atoms with Crippen LogP contribution in [0.1, 0.15) is 21.5 Å². The predicted octanol–water partition coefficient (Wildman–Crippen LogP) is 4.12.